The van der Waals surface area contributed by atoms with E-state index in [1.807, 2.05) is 0 Å². The van der Waals surface area contributed by atoms with Crippen LogP contribution in [0.1, 0.15) is 28.4 Å². The molecule has 1 heterocycles. The van der Waals surface area contributed by atoms with E-state index in [0.717, 1.165) is 11.1 Å². The molecule has 0 spiro atoms. The Morgan fingerprint density at radius 1 is 1.20 bits per heavy atom. The van der Waals surface area contributed by atoms with Crippen LogP contribution in [0.5, 0.6) is 5.75 Å². The lowest BCUT2D eigenvalue weighted by Crippen LogP contribution is -2.08. The summed E-state index contributed by atoms with van der Waals surface area (Å²) < 4.78 is 9.92. The highest BCUT2D eigenvalue weighted by atomic mass is 16.5. The maximum absolute atomic E-state index is 12.0. The van der Waals surface area contributed by atoms with E-state index < -0.39 is 5.97 Å². The second kappa shape index (κ2) is 7.00. The van der Waals surface area contributed by atoms with E-state index in [-0.39, 0.29) is 18.5 Å². The molecule has 0 bridgehead atoms. The van der Waals surface area contributed by atoms with Gasteiger partial charge in [-0.3, -0.25) is 9.59 Å². The van der Waals surface area contributed by atoms with Crippen LogP contribution in [-0.2, 0) is 20.9 Å². The molecule has 0 radical (unpaired) electrons. The molecule has 2 aromatic rings. The minimum Gasteiger partial charge on any atom is -0.457 e. The van der Waals surface area contributed by atoms with Gasteiger partial charge in [0.1, 0.15) is 12.4 Å². The average Bonchev–Trinajstić information content (AvgIpc) is 2.93. The molecule has 0 unspecified atom stereocenters. The molecule has 1 aliphatic rings. The lowest BCUT2D eigenvalue weighted by Gasteiger charge is -2.04. The number of fused-ring (bicyclic) bond motifs is 1. The van der Waals surface area contributed by atoms with Crippen molar-refractivity contribution in [3.63, 3.8) is 0 Å². The van der Waals surface area contributed by atoms with Crippen molar-refractivity contribution in [2.75, 3.05) is 5.32 Å². The summed E-state index contributed by atoms with van der Waals surface area (Å²) in [6.45, 7) is 1.54. The predicted octanol–water partition coefficient (Wildman–Crippen LogP) is 2.93. The number of rotatable bonds is 4. The highest BCUT2D eigenvalue weighted by molar-refractivity contribution is 6.02. The molecule has 0 aliphatic carbocycles. The molecule has 6 nitrogen and oxygen atoms in total. The van der Waals surface area contributed by atoms with E-state index >= 15 is 0 Å². The largest absolute Gasteiger partial charge is 0.457 e. The predicted molar refractivity (Wildman–Crippen MR) is 91.0 cm³/mol. The van der Waals surface area contributed by atoms with Crippen molar-refractivity contribution >= 4 is 29.6 Å². The third kappa shape index (κ3) is 4.11. The molecule has 0 aromatic heterocycles. The minimum absolute atomic E-state index is 0.219. The standard InChI is InChI=1S/C19H15NO5/c1-12(21)25-16-4-2-3-13(9-16)5-8-18(22)20-15-6-7-17-14(10-15)11-24-19(17)23/h2-10H,11H2,1H3,(H,20,22)/b8-5+. The normalized spacial score (nSPS) is 12.6. The SMILES string of the molecule is CC(=O)Oc1cccc(/C=C/C(=O)Nc2ccc3c(c2)COC3=O)c1. The third-order valence-corrected chi connectivity index (χ3v) is 3.50. The number of nitrogens with one attached hydrogen (secondary N) is 1. The van der Waals surface area contributed by atoms with Crippen molar-refractivity contribution in [3.8, 4) is 5.75 Å². The molecular formula is C19H15NO5. The van der Waals surface area contributed by atoms with E-state index in [0.29, 0.717) is 17.0 Å². The Bertz CT molecular complexity index is 885. The van der Waals surface area contributed by atoms with Gasteiger partial charge in [0.25, 0.3) is 0 Å². The number of esters is 2. The zero-order valence-corrected chi connectivity index (χ0v) is 13.4. The molecular weight excluding hydrogens is 322 g/mol. The summed E-state index contributed by atoms with van der Waals surface area (Å²) in [5, 5.41) is 2.73. The quantitative estimate of drug-likeness (QED) is 0.527. The fourth-order valence-corrected chi connectivity index (χ4v) is 2.41. The maximum atomic E-state index is 12.0. The number of anilines is 1. The minimum atomic E-state index is -0.405. The number of hydrogen-bond acceptors (Lipinski definition) is 5. The van der Waals surface area contributed by atoms with Crippen molar-refractivity contribution in [1.82, 2.24) is 0 Å². The third-order valence-electron chi connectivity index (χ3n) is 3.50. The van der Waals surface area contributed by atoms with Crippen LogP contribution >= 0.6 is 0 Å². The second-order valence-electron chi connectivity index (χ2n) is 5.44. The van der Waals surface area contributed by atoms with E-state index in [2.05, 4.69) is 5.32 Å². The van der Waals surface area contributed by atoms with Gasteiger partial charge in [0.05, 0.1) is 5.56 Å². The van der Waals surface area contributed by atoms with Gasteiger partial charge >= 0.3 is 11.9 Å². The van der Waals surface area contributed by atoms with Crippen LogP contribution < -0.4 is 10.1 Å². The van der Waals surface area contributed by atoms with Gasteiger partial charge in [0, 0.05) is 24.3 Å². The molecule has 2 aromatic carbocycles. The molecule has 0 saturated carbocycles. The zero-order chi connectivity index (χ0) is 17.8. The highest BCUT2D eigenvalue weighted by Gasteiger charge is 2.20. The molecule has 126 valence electrons. The highest BCUT2D eigenvalue weighted by Crippen LogP contribution is 2.23. The fourth-order valence-electron chi connectivity index (χ4n) is 2.41. The molecule has 6 heteroatoms. The van der Waals surface area contributed by atoms with Gasteiger partial charge in [-0.1, -0.05) is 12.1 Å². The first-order valence-corrected chi connectivity index (χ1v) is 7.59. The number of carbonyl (C=O) groups is 3. The van der Waals surface area contributed by atoms with Gasteiger partial charge in [-0.25, -0.2) is 4.79 Å². The first-order valence-electron chi connectivity index (χ1n) is 7.59. The van der Waals surface area contributed by atoms with Gasteiger partial charge in [0.2, 0.25) is 5.91 Å². The topological polar surface area (TPSA) is 81.7 Å². The van der Waals surface area contributed by atoms with Crippen molar-refractivity contribution in [2.45, 2.75) is 13.5 Å². The van der Waals surface area contributed by atoms with Gasteiger partial charge in [0.15, 0.2) is 0 Å². The Kier molecular flexibility index (Phi) is 4.61. The van der Waals surface area contributed by atoms with E-state index in [1.54, 1.807) is 48.5 Å². The monoisotopic (exact) mass is 337 g/mol. The van der Waals surface area contributed by atoms with Gasteiger partial charge in [-0.2, -0.15) is 0 Å². The van der Waals surface area contributed by atoms with Crippen molar-refractivity contribution in [1.29, 1.82) is 0 Å². The van der Waals surface area contributed by atoms with Crippen LogP contribution in [0.15, 0.2) is 48.5 Å². The molecule has 1 aliphatic heterocycles. The fraction of sp³-hybridized carbons (Fsp3) is 0.105. The molecule has 25 heavy (non-hydrogen) atoms. The summed E-state index contributed by atoms with van der Waals surface area (Å²) in [6, 6.07) is 11.8. The molecule has 0 saturated heterocycles. The molecule has 1 N–H and O–H groups in total. The first kappa shape index (κ1) is 16.4. The van der Waals surface area contributed by atoms with E-state index in [9.17, 15) is 14.4 Å². The summed E-state index contributed by atoms with van der Waals surface area (Å²) in [5.41, 5.74) is 2.58. The van der Waals surface area contributed by atoms with E-state index in [4.69, 9.17) is 9.47 Å². The van der Waals surface area contributed by atoms with Crippen LogP contribution in [0.2, 0.25) is 0 Å². The van der Waals surface area contributed by atoms with Crippen LogP contribution in [0.4, 0.5) is 5.69 Å². The summed E-state index contributed by atoms with van der Waals surface area (Å²) in [6.07, 6.45) is 2.99. The molecule has 0 atom stereocenters. The van der Waals surface area contributed by atoms with Crippen molar-refractivity contribution in [3.05, 3.63) is 65.2 Å². The molecule has 1 amide bonds. The van der Waals surface area contributed by atoms with Crippen molar-refractivity contribution < 1.29 is 23.9 Å². The van der Waals surface area contributed by atoms with E-state index in [1.165, 1.54) is 13.0 Å². The van der Waals surface area contributed by atoms with Crippen LogP contribution in [0, 0.1) is 0 Å². The Morgan fingerprint density at radius 2 is 2.04 bits per heavy atom. The Hall–Kier alpha value is -3.41. The Balaban J connectivity index is 1.65. The number of amides is 1. The Morgan fingerprint density at radius 3 is 2.84 bits per heavy atom. The summed E-state index contributed by atoms with van der Waals surface area (Å²) in [4.78, 5) is 34.4. The van der Waals surface area contributed by atoms with Gasteiger partial charge in [-0.05, 0) is 42.0 Å². The van der Waals surface area contributed by atoms with Crippen LogP contribution in [-0.4, -0.2) is 17.8 Å². The van der Waals surface area contributed by atoms with Crippen LogP contribution in [0.3, 0.4) is 0 Å². The molecule has 3 rings (SSSR count). The maximum Gasteiger partial charge on any atom is 0.338 e. The second-order valence-corrected chi connectivity index (χ2v) is 5.44. The number of ether oxygens (including phenoxy) is 2. The van der Waals surface area contributed by atoms with Gasteiger partial charge < -0.3 is 14.8 Å². The number of hydrogen-bond donors (Lipinski definition) is 1. The zero-order valence-electron chi connectivity index (χ0n) is 13.4. The summed E-state index contributed by atoms with van der Waals surface area (Å²) in [5.74, 6) is -0.653. The molecule has 0 fully saturated rings. The lowest BCUT2D eigenvalue weighted by atomic mass is 10.1. The van der Waals surface area contributed by atoms with Crippen LogP contribution in [0.25, 0.3) is 6.08 Å². The lowest BCUT2D eigenvalue weighted by molar-refractivity contribution is -0.131. The summed E-state index contributed by atoms with van der Waals surface area (Å²) >= 11 is 0. The Labute approximate surface area is 144 Å². The number of cyclic esters (lactones) is 1. The average molecular weight is 337 g/mol. The summed E-state index contributed by atoms with van der Waals surface area (Å²) in [7, 11) is 0. The van der Waals surface area contributed by atoms with Gasteiger partial charge in [-0.15, -0.1) is 0 Å². The first-order chi connectivity index (χ1) is 12.0. The van der Waals surface area contributed by atoms with Crippen molar-refractivity contribution in [2.24, 2.45) is 0 Å². The number of benzene rings is 2. The smallest absolute Gasteiger partial charge is 0.338 e. The number of carbonyl (C=O) groups excluding carboxylic acids is 3.